The van der Waals surface area contributed by atoms with Crippen LogP contribution in [0.2, 0.25) is 0 Å². The van der Waals surface area contributed by atoms with Crippen molar-refractivity contribution in [2.45, 2.75) is 50.5 Å². The number of benzene rings is 1. The van der Waals surface area contributed by atoms with E-state index in [2.05, 4.69) is 4.72 Å². The van der Waals surface area contributed by atoms with Crippen LogP contribution in [0.25, 0.3) is 0 Å². The maximum atomic E-state index is 12.6. The van der Waals surface area contributed by atoms with E-state index in [1.165, 1.54) is 32.3 Å². The summed E-state index contributed by atoms with van der Waals surface area (Å²) in [5, 5.41) is 0. The van der Waals surface area contributed by atoms with Gasteiger partial charge in [-0.1, -0.05) is 18.6 Å². The molecule has 0 unspecified atom stereocenters. The summed E-state index contributed by atoms with van der Waals surface area (Å²) in [6.45, 7) is 3.41. The molecule has 120 valence electrons. The molecule has 5 heteroatoms. The Labute approximate surface area is 132 Å². The first-order valence-corrected chi connectivity index (χ1v) is 9.48. The lowest BCUT2D eigenvalue weighted by Crippen LogP contribution is -2.40. The third-order valence-electron chi connectivity index (χ3n) is 5.33. The molecule has 2 aliphatic rings. The molecule has 4 atom stereocenters. The predicted molar refractivity (Wildman–Crippen MR) is 85.2 cm³/mol. The van der Waals surface area contributed by atoms with Gasteiger partial charge >= 0.3 is 0 Å². The molecule has 1 aromatic carbocycles. The minimum atomic E-state index is -3.57. The number of rotatable bonds is 5. The lowest BCUT2D eigenvalue weighted by Gasteiger charge is -2.28. The molecule has 0 amide bonds. The molecule has 22 heavy (non-hydrogen) atoms. The number of ketones is 1. The molecule has 0 saturated heterocycles. The molecule has 0 heterocycles. The summed E-state index contributed by atoms with van der Waals surface area (Å²) < 4.78 is 27.9. The van der Waals surface area contributed by atoms with Crippen LogP contribution in [0.3, 0.4) is 0 Å². The minimum absolute atomic E-state index is 0.0544. The van der Waals surface area contributed by atoms with Crippen molar-refractivity contribution in [3.63, 3.8) is 0 Å². The standard InChI is InChI=1S/C17H23NO3S/c1-11(17-9-13-6-7-15(17)8-13)18-22(20,21)16-5-3-4-14(10-16)12(2)19/h3-5,10-11,13,15,17-18H,6-9H2,1-2H3/t11-,13-,15-,17+/m1/s1. The largest absolute Gasteiger partial charge is 0.295 e. The van der Waals surface area contributed by atoms with Crippen molar-refractivity contribution in [2.24, 2.45) is 17.8 Å². The van der Waals surface area contributed by atoms with E-state index >= 15 is 0 Å². The molecule has 0 spiro atoms. The van der Waals surface area contributed by atoms with Crippen LogP contribution >= 0.6 is 0 Å². The Morgan fingerprint density at radius 3 is 2.64 bits per heavy atom. The number of nitrogens with one attached hydrogen (secondary N) is 1. The lowest BCUT2D eigenvalue weighted by atomic mass is 9.84. The second-order valence-electron chi connectivity index (χ2n) is 6.83. The van der Waals surface area contributed by atoms with Crippen molar-refractivity contribution in [1.82, 2.24) is 4.72 Å². The number of hydrogen-bond acceptors (Lipinski definition) is 3. The zero-order valence-electron chi connectivity index (χ0n) is 13.1. The highest BCUT2D eigenvalue weighted by molar-refractivity contribution is 7.89. The number of fused-ring (bicyclic) bond motifs is 2. The summed E-state index contributed by atoms with van der Waals surface area (Å²) in [5.41, 5.74) is 0.426. The fourth-order valence-electron chi connectivity index (χ4n) is 4.19. The maximum absolute atomic E-state index is 12.6. The Kier molecular flexibility index (Phi) is 4.12. The van der Waals surface area contributed by atoms with Crippen molar-refractivity contribution in [3.8, 4) is 0 Å². The van der Waals surface area contributed by atoms with Gasteiger partial charge in [0, 0.05) is 11.6 Å². The highest BCUT2D eigenvalue weighted by Gasteiger charge is 2.42. The SMILES string of the molecule is CC(=O)c1cccc(S(=O)(=O)N[C@H](C)[C@@H]2C[C@@H]3CC[C@@H]2C3)c1. The van der Waals surface area contributed by atoms with Crippen LogP contribution in [0.1, 0.15) is 49.9 Å². The van der Waals surface area contributed by atoms with Crippen LogP contribution in [0.5, 0.6) is 0 Å². The molecular weight excluding hydrogens is 298 g/mol. The van der Waals surface area contributed by atoms with E-state index in [1.54, 1.807) is 18.2 Å². The number of hydrogen-bond donors (Lipinski definition) is 1. The fourth-order valence-corrected chi connectivity index (χ4v) is 5.53. The normalized spacial score (nSPS) is 28.7. The highest BCUT2D eigenvalue weighted by atomic mass is 32.2. The minimum Gasteiger partial charge on any atom is -0.295 e. The van der Waals surface area contributed by atoms with E-state index < -0.39 is 10.0 Å². The van der Waals surface area contributed by atoms with Gasteiger partial charge in [-0.05, 0) is 63.0 Å². The van der Waals surface area contributed by atoms with Gasteiger partial charge in [0.15, 0.2) is 5.78 Å². The average molecular weight is 321 g/mol. The first-order valence-electron chi connectivity index (χ1n) is 8.00. The smallest absolute Gasteiger partial charge is 0.240 e. The van der Waals surface area contributed by atoms with Crippen molar-refractivity contribution in [2.75, 3.05) is 0 Å². The molecule has 0 radical (unpaired) electrons. The van der Waals surface area contributed by atoms with Crippen LogP contribution in [0.15, 0.2) is 29.2 Å². The van der Waals surface area contributed by atoms with E-state index in [1.807, 2.05) is 6.92 Å². The van der Waals surface area contributed by atoms with Crippen LogP contribution in [0.4, 0.5) is 0 Å². The van der Waals surface area contributed by atoms with E-state index in [9.17, 15) is 13.2 Å². The van der Waals surface area contributed by atoms with E-state index in [0.717, 1.165) is 12.3 Å². The lowest BCUT2D eigenvalue weighted by molar-refractivity contribution is 0.101. The number of carbonyl (C=O) groups excluding carboxylic acids is 1. The second kappa shape index (κ2) is 5.78. The molecule has 2 aliphatic carbocycles. The zero-order chi connectivity index (χ0) is 15.9. The molecule has 1 N–H and O–H groups in total. The molecule has 0 aliphatic heterocycles. The van der Waals surface area contributed by atoms with E-state index in [4.69, 9.17) is 0 Å². The topological polar surface area (TPSA) is 63.2 Å². The molecule has 0 aromatic heterocycles. The average Bonchev–Trinajstić information content (AvgIpc) is 3.09. The molecule has 1 aromatic rings. The Hall–Kier alpha value is -1.20. The summed E-state index contributed by atoms with van der Waals surface area (Å²) in [6, 6.07) is 6.20. The molecule has 2 saturated carbocycles. The van der Waals surface area contributed by atoms with Gasteiger partial charge < -0.3 is 0 Å². The summed E-state index contributed by atoms with van der Waals surface area (Å²) in [4.78, 5) is 11.6. The van der Waals surface area contributed by atoms with Crippen LogP contribution in [-0.2, 0) is 10.0 Å². The summed E-state index contributed by atoms with van der Waals surface area (Å²) in [7, 11) is -3.57. The van der Waals surface area contributed by atoms with E-state index in [0.29, 0.717) is 17.4 Å². The summed E-state index contributed by atoms with van der Waals surface area (Å²) in [5.74, 6) is 1.79. The Morgan fingerprint density at radius 2 is 2.05 bits per heavy atom. The quantitative estimate of drug-likeness (QED) is 0.848. The Balaban J connectivity index is 1.76. The van der Waals surface area contributed by atoms with Gasteiger partial charge in [-0.25, -0.2) is 13.1 Å². The van der Waals surface area contributed by atoms with Crippen LogP contribution < -0.4 is 4.72 Å². The first-order chi connectivity index (χ1) is 10.4. The number of carbonyl (C=O) groups is 1. The molecule has 3 rings (SSSR count). The van der Waals surface area contributed by atoms with Gasteiger partial charge in [0.1, 0.15) is 0 Å². The van der Waals surface area contributed by atoms with Gasteiger partial charge in [-0.3, -0.25) is 4.79 Å². The van der Waals surface area contributed by atoms with Gasteiger partial charge in [0.2, 0.25) is 10.0 Å². The van der Waals surface area contributed by atoms with Gasteiger partial charge in [0.05, 0.1) is 4.90 Å². The second-order valence-corrected chi connectivity index (χ2v) is 8.55. The van der Waals surface area contributed by atoms with E-state index in [-0.39, 0.29) is 16.7 Å². The first kappa shape index (κ1) is 15.7. The molecular formula is C17H23NO3S. The monoisotopic (exact) mass is 321 g/mol. The van der Waals surface area contributed by atoms with Crippen molar-refractivity contribution >= 4 is 15.8 Å². The molecule has 4 nitrogen and oxygen atoms in total. The predicted octanol–water partition coefficient (Wildman–Crippen LogP) is 2.99. The van der Waals surface area contributed by atoms with Crippen molar-refractivity contribution in [3.05, 3.63) is 29.8 Å². The zero-order valence-corrected chi connectivity index (χ0v) is 13.9. The molecule has 2 fully saturated rings. The van der Waals surface area contributed by atoms with Crippen molar-refractivity contribution in [1.29, 1.82) is 0 Å². The third kappa shape index (κ3) is 2.97. The van der Waals surface area contributed by atoms with Gasteiger partial charge in [-0.15, -0.1) is 0 Å². The van der Waals surface area contributed by atoms with Gasteiger partial charge in [-0.2, -0.15) is 0 Å². The summed E-state index contributed by atoms with van der Waals surface area (Å²) in [6.07, 6.45) is 4.95. The Morgan fingerprint density at radius 1 is 1.27 bits per heavy atom. The third-order valence-corrected chi connectivity index (χ3v) is 6.88. The molecule has 2 bridgehead atoms. The highest BCUT2D eigenvalue weighted by Crippen LogP contribution is 2.49. The van der Waals surface area contributed by atoms with Crippen LogP contribution in [0, 0.1) is 17.8 Å². The summed E-state index contributed by atoms with van der Waals surface area (Å²) >= 11 is 0. The number of Topliss-reactive ketones (excluding diaryl/α,β-unsaturated/α-hetero) is 1. The Bertz CT molecular complexity index is 683. The maximum Gasteiger partial charge on any atom is 0.240 e. The fraction of sp³-hybridized carbons (Fsp3) is 0.588. The van der Waals surface area contributed by atoms with Crippen LogP contribution in [-0.4, -0.2) is 20.2 Å². The number of sulfonamides is 1. The van der Waals surface area contributed by atoms with Crippen molar-refractivity contribution < 1.29 is 13.2 Å². The van der Waals surface area contributed by atoms with Gasteiger partial charge in [0.25, 0.3) is 0 Å².